The summed E-state index contributed by atoms with van der Waals surface area (Å²) in [5, 5.41) is 3.42. The molecule has 0 saturated carbocycles. The minimum atomic E-state index is -0.368. The van der Waals surface area contributed by atoms with Crippen molar-refractivity contribution in [1.82, 2.24) is 5.32 Å². The lowest BCUT2D eigenvalue weighted by molar-refractivity contribution is 0.243. The molecule has 4 rings (SSSR count). The maximum atomic E-state index is 5.25. The highest BCUT2D eigenvalue weighted by Gasteiger charge is 2.38. The van der Waals surface area contributed by atoms with Gasteiger partial charge in [-0.05, 0) is 64.0 Å². The summed E-state index contributed by atoms with van der Waals surface area (Å²) >= 11 is 0. The van der Waals surface area contributed by atoms with E-state index in [1.54, 1.807) is 7.11 Å². The lowest BCUT2D eigenvalue weighted by Crippen LogP contribution is -2.42. The first-order valence-corrected chi connectivity index (χ1v) is 8.91. The van der Waals surface area contributed by atoms with Crippen LogP contribution in [-0.2, 0) is 0 Å². The molecule has 5 nitrogen and oxygen atoms in total. The Morgan fingerprint density at radius 2 is 1.85 bits per heavy atom. The molecule has 0 amide bonds. The summed E-state index contributed by atoms with van der Waals surface area (Å²) in [7, 11) is 1.68. The van der Waals surface area contributed by atoms with Gasteiger partial charge in [0.15, 0.2) is 5.66 Å². The summed E-state index contributed by atoms with van der Waals surface area (Å²) < 4.78 is 5.25. The fraction of sp³-hybridized carbons (Fsp3) is 0.450. The number of hydrogen-bond donors (Lipinski definition) is 1. The van der Waals surface area contributed by atoms with Crippen LogP contribution in [0.4, 0.5) is 0 Å². The molecule has 1 atom stereocenters. The van der Waals surface area contributed by atoms with Crippen molar-refractivity contribution >= 4 is 35.7 Å². The third-order valence-electron chi connectivity index (χ3n) is 5.45. The zero-order chi connectivity index (χ0) is 17.4. The van der Waals surface area contributed by atoms with E-state index in [1.807, 2.05) is 30.5 Å². The third-order valence-corrected chi connectivity index (χ3v) is 5.45. The number of fused-ring (bicyclic) bond motifs is 1. The zero-order valence-corrected chi connectivity index (χ0v) is 16.3. The largest absolute Gasteiger partial charge is 0.497 e. The molecule has 0 aromatic heterocycles. The van der Waals surface area contributed by atoms with E-state index in [0.717, 1.165) is 59.9 Å². The van der Waals surface area contributed by atoms with Crippen molar-refractivity contribution in [3.05, 3.63) is 35.4 Å². The van der Waals surface area contributed by atoms with Crippen molar-refractivity contribution in [1.29, 1.82) is 0 Å². The van der Waals surface area contributed by atoms with Gasteiger partial charge in [0.1, 0.15) is 11.5 Å². The highest BCUT2D eigenvalue weighted by molar-refractivity contribution is 6.69. The van der Waals surface area contributed by atoms with Gasteiger partial charge in [-0.1, -0.05) is 0 Å². The van der Waals surface area contributed by atoms with E-state index in [2.05, 4.69) is 19.2 Å². The van der Waals surface area contributed by atoms with E-state index in [4.69, 9.17) is 19.7 Å². The number of benzene rings is 1. The van der Waals surface area contributed by atoms with Crippen LogP contribution in [0.25, 0.3) is 5.70 Å². The molecule has 3 aliphatic heterocycles. The molecule has 26 heavy (non-hydrogen) atoms. The van der Waals surface area contributed by atoms with Gasteiger partial charge in [-0.15, -0.1) is 12.4 Å². The standard InChI is InChI=1S/C20H24N4O.ClH/c1-13-18(14-4-6-16(25-3)7-5-14)23-17-12-22-20(2,24-19(13)17)15-8-10-21-11-9-15;/h4-7,12,15,21H,8-11H2,1-3H3;1H. The molecular weight excluding hydrogens is 348 g/mol. The SMILES string of the molecule is COc1ccc(C2=C(C)C3=NC(C)(C4CCNCC4)N=CC3=N2)cc1.Cl. The number of piperidine rings is 1. The maximum Gasteiger partial charge on any atom is 0.151 e. The summed E-state index contributed by atoms with van der Waals surface area (Å²) in [6.45, 7) is 6.36. The van der Waals surface area contributed by atoms with Crippen molar-refractivity contribution in [2.45, 2.75) is 32.4 Å². The summed E-state index contributed by atoms with van der Waals surface area (Å²) in [4.78, 5) is 14.7. The molecule has 6 heteroatoms. The van der Waals surface area contributed by atoms with Crippen molar-refractivity contribution in [2.24, 2.45) is 20.9 Å². The Labute approximate surface area is 160 Å². The van der Waals surface area contributed by atoms with E-state index in [-0.39, 0.29) is 18.1 Å². The molecule has 0 spiro atoms. The number of ether oxygens (including phenoxy) is 1. The van der Waals surface area contributed by atoms with Crippen LogP contribution in [0.5, 0.6) is 5.75 Å². The smallest absolute Gasteiger partial charge is 0.151 e. The molecule has 1 aromatic rings. The van der Waals surface area contributed by atoms with Gasteiger partial charge in [-0.2, -0.15) is 0 Å². The molecule has 1 fully saturated rings. The number of nitrogens with zero attached hydrogens (tertiary/aromatic N) is 3. The van der Waals surface area contributed by atoms with Crippen molar-refractivity contribution in [2.75, 3.05) is 20.2 Å². The zero-order valence-electron chi connectivity index (χ0n) is 15.5. The van der Waals surface area contributed by atoms with E-state index in [1.165, 1.54) is 0 Å². The quantitative estimate of drug-likeness (QED) is 0.882. The normalized spacial score (nSPS) is 25.3. The Kier molecular flexibility index (Phi) is 5.30. The summed E-state index contributed by atoms with van der Waals surface area (Å²) in [5.74, 6) is 1.33. The minimum Gasteiger partial charge on any atom is -0.497 e. The Balaban J connectivity index is 0.00000196. The number of methoxy groups -OCH3 is 1. The predicted octanol–water partition coefficient (Wildman–Crippen LogP) is 3.54. The topological polar surface area (TPSA) is 58.3 Å². The first-order chi connectivity index (χ1) is 12.1. The fourth-order valence-electron chi connectivity index (χ4n) is 3.84. The summed E-state index contributed by atoms with van der Waals surface area (Å²) in [6, 6.07) is 8.02. The molecule has 0 radical (unpaired) electrons. The molecular formula is C20H25ClN4O. The lowest BCUT2D eigenvalue weighted by atomic mass is 9.85. The molecule has 3 heterocycles. The number of aliphatic imine (C=N–C) groups is 3. The predicted molar refractivity (Wildman–Crippen MR) is 110 cm³/mol. The van der Waals surface area contributed by atoms with Crippen molar-refractivity contribution < 1.29 is 4.74 Å². The van der Waals surface area contributed by atoms with Gasteiger partial charge in [0.25, 0.3) is 0 Å². The number of halogens is 1. The molecule has 1 saturated heterocycles. The second-order valence-corrected chi connectivity index (χ2v) is 7.04. The van der Waals surface area contributed by atoms with Crippen LogP contribution < -0.4 is 10.1 Å². The monoisotopic (exact) mass is 372 g/mol. The van der Waals surface area contributed by atoms with E-state index in [0.29, 0.717) is 5.92 Å². The molecule has 0 aliphatic carbocycles. The summed E-state index contributed by atoms with van der Waals surface area (Å²) in [6.07, 6.45) is 4.15. The van der Waals surface area contributed by atoms with Gasteiger partial charge in [-0.3, -0.25) is 9.98 Å². The number of nitrogens with one attached hydrogen (secondary N) is 1. The Morgan fingerprint density at radius 1 is 1.15 bits per heavy atom. The maximum absolute atomic E-state index is 5.25. The van der Waals surface area contributed by atoms with Crippen LogP contribution in [0.1, 0.15) is 32.3 Å². The average Bonchev–Trinajstić information content (AvgIpc) is 2.98. The summed E-state index contributed by atoms with van der Waals surface area (Å²) in [5.41, 5.74) is 4.72. The third kappa shape index (κ3) is 3.21. The molecule has 3 aliphatic rings. The van der Waals surface area contributed by atoms with Gasteiger partial charge in [0, 0.05) is 17.1 Å². The van der Waals surface area contributed by atoms with Gasteiger partial charge in [0.2, 0.25) is 0 Å². The number of hydrogen-bond acceptors (Lipinski definition) is 5. The highest BCUT2D eigenvalue weighted by atomic mass is 35.5. The second kappa shape index (κ2) is 7.33. The van der Waals surface area contributed by atoms with Crippen LogP contribution >= 0.6 is 12.4 Å². The first kappa shape index (κ1) is 18.8. The Bertz CT molecular complexity index is 804. The minimum absolute atomic E-state index is 0. The van der Waals surface area contributed by atoms with Gasteiger partial charge < -0.3 is 10.1 Å². The van der Waals surface area contributed by atoms with Crippen molar-refractivity contribution in [3.63, 3.8) is 0 Å². The van der Waals surface area contributed by atoms with Crippen LogP contribution in [0.15, 0.2) is 44.8 Å². The Hall–Kier alpha value is -1.98. The first-order valence-electron chi connectivity index (χ1n) is 8.91. The van der Waals surface area contributed by atoms with Gasteiger partial charge in [-0.25, -0.2) is 4.99 Å². The number of rotatable bonds is 3. The molecule has 138 valence electrons. The van der Waals surface area contributed by atoms with E-state index in [9.17, 15) is 0 Å². The molecule has 0 bridgehead atoms. The van der Waals surface area contributed by atoms with E-state index < -0.39 is 0 Å². The van der Waals surface area contributed by atoms with Crippen LogP contribution in [0.2, 0.25) is 0 Å². The molecule has 1 aromatic carbocycles. The van der Waals surface area contributed by atoms with Crippen LogP contribution in [0, 0.1) is 5.92 Å². The number of allylic oxidation sites excluding steroid dienone is 1. The van der Waals surface area contributed by atoms with E-state index >= 15 is 0 Å². The van der Waals surface area contributed by atoms with Crippen molar-refractivity contribution in [3.8, 4) is 5.75 Å². The average molecular weight is 373 g/mol. The van der Waals surface area contributed by atoms with Crippen LogP contribution in [0.3, 0.4) is 0 Å². The Morgan fingerprint density at radius 3 is 2.50 bits per heavy atom. The molecule has 1 unspecified atom stereocenters. The second-order valence-electron chi connectivity index (χ2n) is 7.04. The molecule has 1 N–H and O–H groups in total. The van der Waals surface area contributed by atoms with Crippen LogP contribution in [-0.4, -0.2) is 43.5 Å². The lowest BCUT2D eigenvalue weighted by Gasteiger charge is -2.36. The highest BCUT2D eigenvalue weighted by Crippen LogP contribution is 2.36. The fourth-order valence-corrected chi connectivity index (χ4v) is 3.84. The van der Waals surface area contributed by atoms with Gasteiger partial charge in [0.05, 0.1) is 24.7 Å². The van der Waals surface area contributed by atoms with Gasteiger partial charge >= 0.3 is 0 Å².